The van der Waals surface area contributed by atoms with Gasteiger partial charge in [-0.2, -0.15) is 5.10 Å². The first-order chi connectivity index (χ1) is 9.20. The Kier molecular flexibility index (Phi) is 4.47. The molecule has 100 valence electrons. The van der Waals surface area contributed by atoms with Crippen LogP contribution in [0.1, 0.15) is 23.5 Å². The molecule has 1 heterocycles. The summed E-state index contributed by atoms with van der Waals surface area (Å²) in [7, 11) is 1.87. The molecule has 4 nitrogen and oxygen atoms in total. The molecule has 1 atom stereocenters. The van der Waals surface area contributed by atoms with Crippen molar-refractivity contribution < 1.29 is 4.79 Å². The van der Waals surface area contributed by atoms with E-state index in [1.54, 1.807) is 10.9 Å². The van der Waals surface area contributed by atoms with E-state index in [2.05, 4.69) is 5.10 Å². The van der Waals surface area contributed by atoms with Gasteiger partial charge in [-0.25, -0.2) is 0 Å². The molecule has 0 radical (unpaired) electrons. The molecule has 2 N–H and O–H groups in total. The number of benzene rings is 1. The van der Waals surface area contributed by atoms with Crippen molar-refractivity contribution in [2.45, 2.75) is 18.8 Å². The number of rotatable bonds is 6. The van der Waals surface area contributed by atoms with Gasteiger partial charge in [0.25, 0.3) is 0 Å². The molecule has 0 fully saturated rings. The van der Waals surface area contributed by atoms with Crippen molar-refractivity contribution in [3.63, 3.8) is 0 Å². The minimum atomic E-state index is -0.196. The molecule has 4 heteroatoms. The van der Waals surface area contributed by atoms with E-state index in [4.69, 9.17) is 5.73 Å². The van der Waals surface area contributed by atoms with Crippen LogP contribution in [-0.2, 0) is 18.3 Å². The first-order valence-corrected chi connectivity index (χ1v) is 6.46. The van der Waals surface area contributed by atoms with Crippen molar-refractivity contribution >= 4 is 5.78 Å². The Balaban J connectivity index is 1.98. The fourth-order valence-electron chi connectivity index (χ4n) is 2.18. The maximum absolute atomic E-state index is 12.2. The van der Waals surface area contributed by atoms with E-state index in [1.165, 1.54) is 0 Å². The highest BCUT2D eigenvalue weighted by Gasteiger charge is 2.18. The second kappa shape index (κ2) is 6.29. The van der Waals surface area contributed by atoms with E-state index in [0.717, 1.165) is 17.5 Å². The highest BCUT2D eigenvalue weighted by Crippen LogP contribution is 2.18. The summed E-state index contributed by atoms with van der Waals surface area (Å²) in [6.45, 7) is 0.357. The van der Waals surface area contributed by atoms with Gasteiger partial charge in [-0.15, -0.1) is 0 Å². The van der Waals surface area contributed by atoms with E-state index >= 15 is 0 Å². The van der Waals surface area contributed by atoms with E-state index in [1.807, 2.05) is 43.6 Å². The second-order valence-electron chi connectivity index (χ2n) is 4.69. The Morgan fingerprint density at radius 1 is 1.37 bits per heavy atom. The quantitative estimate of drug-likeness (QED) is 0.856. The summed E-state index contributed by atoms with van der Waals surface area (Å²) >= 11 is 0. The topological polar surface area (TPSA) is 60.9 Å². The first kappa shape index (κ1) is 13.5. The monoisotopic (exact) mass is 257 g/mol. The van der Waals surface area contributed by atoms with Crippen molar-refractivity contribution in [2.75, 3.05) is 6.54 Å². The summed E-state index contributed by atoms with van der Waals surface area (Å²) in [6.07, 6.45) is 4.96. The standard InChI is InChI=1S/C15H19N3O/c1-18-11-12(10-17-18)7-8-15(19)14(9-16)13-5-3-2-4-6-13/h2-6,10-11,14H,7-9,16H2,1H3. The highest BCUT2D eigenvalue weighted by atomic mass is 16.1. The summed E-state index contributed by atoms with van der Waals surface area (Å²) in [4.78, 5) is 12.2. The van der Waals surface area contributed by atoms with Gasteiger partial charge in [-0.3, -0.25) is 9.48 Å². The lowest BCUT2D eigenvalue weighted by Gasteiger charge is -2.13. The van der Waals surface area contributed by atoms with Crippen molar-refractivity contribution in [1.82, 2.24) is 9.78 Å². The maximum Gasteiger partial charge on any atom is 0.141 e. The van der Waals surface area contributed by atoms with Crippen LogP contribution in [0, 0.1) is 0 Å². The van der Waals surface area contributed by atoms with Gasteiger partial charge in [0, 0.05) is 26.2 Å². The molecule has 1 aromatic heterocycles. The second-order valence-corrected chi connectivity index (χ2v) is 4.69. The molecular weight excluding hydrogens is 238 g/mol. The third-order valence-electron chi connectivity index (χ3n) is 3.24. The van der Waals surface area contributed by atoms with Crippen LogP contribution in [0.5, 0.6) is 0 Å². The van der Waals surface area contributed by atoms with Crippen LogP contribution in [0.3, 0.4) is 0 Å². The molecular formula is C15H19N3O. The number of carbonyl (C=O) groups excluding carboxylic acids is 1. The SMILES string of the molecule is Cn1cc(CCC(=O)C(CN)c2ccccc2)cn1. The predicted molar refractivity (Wildman–Crippen MR) is 74.8 cm³/mol. The van der Waals surface area contributed by atoms with Gasteiger partial charge >= 0.3 is 0 Å². The maximum atomic E-state index is 12.2. The minimum Gasteiger partial charge on any atom is -0.329 e. The number of nitrogens with zero attached hydrogens (tertiary/aromatic N) is 2. The largest absolute Gasteiger partial charge is 0.329 e. The molecule has 0 aliphatic carbocycles. The van der Waals surface area contributed by atoms with Gasteiger partial charge in [0.05, 0.1) is 12.1 Å². The molecule has 0 saturated heterocycles. The highest BCUT2D eigenvalue weighted by molar-refractivity contribution is 5.86. The molecule has 19 heavy (non-hydrogen) atoms. The molecule has 2 rings (SSSR count). The Morgan fingerprint density at radius 3 is 2.68 bits per heavy atom. The van der Waals surface area contributed by atoms with E-state index in [0.29, 0.717) is 13.0 Å². The van der Waals surface area contributed by atoms with Crippen LogP contribution < -0.4 is 5.73 Å². The van der Waals surface area contributed by atoms with Crippen molar-refractivity contribution in [3.8, 4) is 0 Å². The molecule has 2 aromatic rings. The van der Waals surface area contributed by atoms with Crippen LogP contribution in [0.4, 0.5) is 0 Å². The van der Waals surface area contributed by atoms with Gasteiger partial charge < -0.3 is 5.73 Å². The Morgan fingerprint density at radius 2 is 2.11 bits per heavy atom. The van der Waals surface area contributed by atoms with Crippen LogP contribution in [0.25, 0.3) is 0 Å². The number of hydrogen-bond acceptors (Lipinski definition) is 3. The van der Waals surface area contributed by atoms with Crippen LogP contribution in [0.15, 0.2) is 42.7 Å². The number of carbonyl (C=O) groups is 1. The van der Waals surface area contributed by atoms with E-state index in [-0.39, 0.29) is 11.7 Å². The smallest absolute Gasteiger partial charge is 0.141 e. The summed E-state index contributed by atoms with van der Waals surface area (Å²) in [5.41, 5.74) is 7.83. The first-order valence-electron chi connectivity index (χ1n) is 6.46. The fourth-order valence-corrected chi connectivity index (χ4v) is 2.18. The van der Waals surface area contributed by atoms with Gasteiger partial charge in [0.2, 0.25) is 0 Å². The minimum absolute atomic E-state index is 0.192. The molecule has 0 amide bonds. The molecule has 0 bridgehead atoms. The van der Waals surface area contributed by atoms with Crippen molar-refractivity contribution in [3.05, 3.63) is 53.9 Å². The molecule has 0 saturated carbocycles. The van der Waals surface area contributed by atoms with E-state index in [9.17, 15) is 4.79 Å². The molecule has 0 aliphatic heterocycles. The number of nitrogens with two attached hydrogens (primary N) is 1. The Hall–Kier alpha value is -1.94. The van der Waals surface area contributed by atoms with Crippen molar-refractivity contribution in [1.29, 1.82) is 0 Å². The summed E-state index contributed by atoms with van der Waals surface area (Å²) in [5, 5.41) is 4.10. The number of aryl methyl sites for hydroxylation is 2. The van der Waals surface area contributed by atoms with Gasteiger partial charge in [0.15, 0.2) is 0 Å². The summed E-state index contributed by atoms with van der Waals surface area (Å²) < 4.78 is 1.75. The van der Waals surface area contributed by atoms with Crippen LogP contribution in [0.2, 0.25) is 0 Å². The zero-order valence-electron chi connectivity index (χ0n) is 11.1. The number of Topliss-reactive ketones (excluding diaryl/α,β-unsaturated/α-hetero) is 1. The van der Waals surface area contributed by atoms with Crippen LogP contribution in [-0.4, -0.2) is 22.1 Å². The van der Waals surface area contributed by atoms with Gasteiger partial charge in [-0.1, -0.05) is 30.3 Å². The summed E-state index contributed by atoms with van der Waals surface area (Å²) in [6, 6.07) is 9.73. The number of ketones is 1. The fraction of sp³-hybridized carbons (Fsp3) is 0.333. The Bertz CT molecular complexity index is 533. The lowest BCUT2D eigenvalue weighted by atomic mass is 9.92. The average molecular weight is 257 g/mol. The molecule has 0 spiro atoms. The van der Waals surface area contributed by atoms with Crippen molar-refractivity contribution in [2.24, 2.45) is 12.8 Å². The van der Waals surface area contributed by atoms with E-state index < -0.39 is 0 Å². The normalized spacial score (nSPS) is 12.3. The average Bonchev–Trinajstić information content (AvgIpc) is 2.84. The lowest BCUT2D eigenvalue weighted by Crippen LogP contribution is -2.22. The zero-order valence-corrected chi connectivity index (χ0v) is 11.1. The van der Waals surface area contributed by atoms with Crippen LogP contribution >= 0.6 is 0 Å². The number of hydrogen-bond donors (Lipinski definition) is 1. The predicted octanol–water partition coefficient (Wildman–Crippen LogP) is 1.66. The molecule has 1 unspecified atom stereocenters. The number of aromatic nitrogens is 2. The zero-order chi connectivity index (χ0) is 13.7. The lowest BCUT2D eigenvalue weighted by molar-refractivity contribution is -0.120. The molecule has 0 aliphatic rings. The third-order valence-corrected chi connectivity index (χ3v) is 3.24. The van der Waals surface area contributed by atoms with Gasteiger partial charge in [0.1, 0.15) is 5.78 Å². The van der Waals surface area contributed by atoms with Gasteiger partial charge in [-0.05, 0) is 17.5 Å². The third kappa shape index (κ3) is 3.51. The Labute approximate surface area is 113 Å². The summed E-state index contributed by atoms with van der Waals surface area (Å²) in [5.74, 6) is -0.00424. The molecule has 1 aromatic carbocycles.